The number of benzene rings is 1. The van der Waals surface area contributed by atoms with Crippen molar-refractivity contribution in [2.24, 2.45) is 5.92 Å². The summed E-state index contributed by atoms with van der Waals surface area (Å²) < 4.78 is 0. The summed E-state index contributed by atoms with van der Waals surface area (Å²) >= 11 is 0. The monoisotopic (exact) mass is 234 g/mol. The lowest BCUT2D eigenvalue weighted by atomic mass is 10.0. The minimum Gasteiger partial charge on any atom is -0.392 e. The second-order valence-corrected chi connectivity index (χ2v) is 4.54. The van der Waals surface area contributed by atoms with Gasteiger partial charge in [-0.25, -0.2) is 0 Å². The first kappa shape index (κ1) is 12.1. The molecule has 1 aliphatic heterocycles. The van der Waals surface area contributed by atoms with Crippen LogP contribution in [0, 0.1) is 5.92 Å². The van der Waals surface area contributed by atoms with Gasteiger partial charge in [0, 0.05) is 5.69 Å². The van der Waals surface area contributed by atoms with Crippen molar-refractivity contribution in [2.75, 3.05) is 11.9 Å². The van der Waals surface area contributed by atoms with Gasteiger partial charge in [-0.1, -0.05) is 19.1 Å². The summed E-state index contributed by atoms with van der Waals surface area (Å²) in [7, 11) is 0. The van der Waals surface area contributed by atoms with E-state index >= 15 is 0 Å². The zero-order valence-corrected chi connectivity index (χ0v) is 9.94. The summed E-state index contributed by atoms with van der Waals surface area (Å²) in [6, 6.07) is 7.14. The highest BCUT2D eigenvalue weighted by molar-refractivity contribution is 5.95. The zero-order valence-electron chi connectivity index (χ0n) is 9.94. The Bertz CT molecular complexity index is 389. The van der Waals surface area contributed by atoms with E-state index in [1.54, 1.807) is 12.1 Å². The van der Waals surface area contributed by atoms with E-state index in [1.807, 2.05) is 12.1 Å². The molecule has 2 rings (SSSR count). The number of aliphatic hydroxyl groups is 1. The van der Waals surface area contributed by atoms with Crippen LogP contribution in [0.2, 0.25) is 0 Å². The van der Waals surface area contributed by atoms with Gasteiger partial charge in [-0.2, -0.15) is 0 Å². The first-order chi connectivity index (χ1) is 8.20. The number of aliphatic hydroxyl groups excluding tert-OH is 1. The van der Waals surface area contributed by atoms with Crippen molar-refractivity contribution in [3.05, 3.63) is 29.8 Å². The number of nitrogens with one attached hydrogen (secondary N) is 2. The average Bonchev–Trinajstić information content (AvgIpc) is 2.76. The first-order valence-corrected chi connectivity index (χ1v) is 5.95. The van der Waals surface area contributed by atoms with Crippen molar-refractivity contribution in [3.63, 3.8) is 0 Å². The van der Waals surface area contributed by atoms with Gasteiger partial charge in [-0.3, -0.25) is 4.79 Å². The Morgan fingerprint density at radius 3 is 2.71 bits per heavy atom. The zero-order chi connectivity index (χ0) is 12.3. The Morgan fingerprint density at radius 1 is 1.47 bits per heavy atom. The van der Waals surface area contributed by atoms with Crippen LogP contribution in [-0.4, -0.2) is 23.6 Å². The van der Waals surface area contributed by atoms with E-state index < -0.39 is 0 Å². The van der Waals surface area contributed by atoms with Gasteiger partial charge in [-0.05, 0) is 36.6 Å². The first-order valence-electron chi connectivity index (χ1n) is 5.95. The van der Waals surface area contributed by atoms with E-state index in [0.717, 1.165) is 24.2 Å². The van der Waals surface area contributed by atoms with E-state index in [2.05, 4.69) is 17.6 Å². The van der Waals surface area contributed by atoms with Crippen molar-refractivity contribution in [1.29, 1.82) is 0 Å². The summed E-state index contributed by atoms with van der Waals surface area (Å²) in [6.45, 7) is 3.01. The minimum absolute atomic E-state index is 0.0201. The molecule has 17 heavy (non-hydrogen) atoms. The molecule has 3 N–H and O–H groups in total. The van der Waals surface area contributed by atoms with Crippen LogP contribution in [0.4, 0.5) is 5.69 Å². The number of carbonyl (C=O) groups is 1. The van der Waals surface area contributed by atoms with Crippen LogP contribution < -0.4 is 10.6 Å². The molecule has 1 heterocycles. The summed E-state index contributed by atoms with van der Waals surface area (Å²) in [5.41, 5.74) is 1.61. The lowest BCUT2D eigenvalue weighted by Gasteiger charge is -2.15. The largest absolute Gasteiger partial charge is 0.392 e. The molecule has 4 heteroatoms. The fourth-order valence-electron chi connectivity index (χ4n) is 2.10. The van der Waals surface area contributed by atoms with E-state index in [0.29, 0.717) is 5.92 Å². The average molecular weight is 234 g/mol. The van der Waals surface area contributed by atoms with Crippen molar-refractivity contribution < 1.29 is 9.90 Å². The van der Waals surface area contributed by atoms with Crippen LogP contribution >= 0.6 is 0 Å². The normalized spacial score (nSPS) is 23.6. The van der Waals surface area contributed by atoms with E-state index in [4.69, 9.17) is 5.11 Å². The lowest BCUT2D eigenvalue weighted by molar-refractivity contribution is -0.118. The van der Waals surface area contributed by atoms with Gasteiger partial charge in [0.1, 0.15) is 0 Å². The summed E-state index contributed by atoms with van der Waals surface area (Å²) in [5.74, 6) is 0.401. The molecule has 1 aromatic carbocycles. The Balaban J connectivity index is 1.97. The van der Waals surface area contributed by atoms with Gasteiger partial charge in [-0.15, -0.1) is 0 Å². The SMILES string of the molecule is CC1CCNC1C(=O)Nc1ccc(CO)cc1. The fraction of sp³-hybridized carbons (Fsp3) is 0.462. The third-order valence-corrected chi connectivity index (χ3v) is 3.22. The Morgan fingerprint density at radius 2 is 2.18 bits per heavy atom. The second kappa shape index (κ2) is 5.29. The molecule has 2 unspecified atom stereocenters. The third-order valence-electron chi connectivity index (χ3n) is 3.22. The number of rotatable bonds is 3. The van der Waals surface area contributed by atoms with Gasteiger partial charge in [0.15, 0.2) is 0 Å². The molecular formula is C13H18N2O2. The molecule has 0 spiro atoms. The van der Waals surface area contributed by atoms with Crippen LogP contribution in [0.5, 0.6) is 0 Å². The van der Waals surface area contributed by atoms with Crippen LogP contribution in [-0.2, 0) is 11.4 Å². The molecule has 0 radical (unpaired) electrons. The van der Waals surface area contributed by atoms with Crippen LogP contribution in [0.3, 0.4) is 0 Å². The molecule has 0 aliphatic carbocycles. The summed E-state index contributed by atoms with van der Waals surface area (Å²) in [6.07, 6.45) is 1.04. The van der Waals surface area contributed by atoms with Gasteiger partial charge in [0.2, 0.25) is 5.91 Å². The maximum Gasteiger partial charge on any atom is 0.241 e. The van der Waals surface area contributed by atoms with Gasteiger partial charge >= 0.3 is 0 Å². The van der Waals surface area contributed by atoms with Gasteiger partial charge in [0.05, 0.1) is 12.6 Å². The number of hydrogen-bond acceptors (Lipinski definition) is 3. The van der Waals surface area contributed by atoms with Crippen molar-refractivity contribution >= 4 is 11.6 Å². The molecule has 4 nitrogen and oxygen atoms in total. The molecule has 1 amide bonds. The standard InChI is InChI=1S/C13H18N2O2/c1-9-6-7-14-12(9)13(17)15-11-4-2-10(8-16)3-5-11/h2-5,9,12,14,16H,6-8H2,1H3,(H,15,17). The number of hydrogen-bond donors (Lipinski definition) is 3. The van der Waals surface area contributed by atoms with Crippen molar-refractivity contribution in [2.45, 2.75) is 26.0 Å². The molecular weight excluding hydrogens is 216 g/mol. The molecule has 0 saturated carbocycles. The topological polar surface area (TPSA) is 61.4 Å². The highest BCUT2D eigenvalue weighted by Crippen LogP contribution is 2.17. The summed E-state index contributed by atoms with van der Waals surface area (Å²) in [5, 5.41) is 15.0. The molecule has 1 aliphatic rings. The predicted molar refractivity (Wildman–Crippen MR) is 66.6 cm³/mol. The summed E-state index contributed by atoms with van der Waals surface area (Å²) in [4.78, 5) is 12.0. The maximum atomic E-state index is 12.0. The molecule has 2 atom stereocenters. The van der Waals surface area contributed by atoms with Crippen LogP contribution in [0.1, 0.15) is 18.9 Å². The minimum atomic E-state index is -0.0903. The van der Waals surface area contributed by atoms with Crippen molar-refractivity contribution in [1.82, 2.24) is 5.32 Å². The lowest BCUT2D eigenvalue weighted by Crippen LogP contribution is -2.39. The maximum absolute atomic E-state index is 12.0. The third kappa shape index (κ3) is 2.84. The number of anilines is 1. The Labute approximate surface area is 101 Å². The van der Waals surface area contributed by atoms with E-state index in [9.17, 15) is 4.79 Å². The Hall–Kier alpha value is -1.39. The quantitative estimate of drug-likeness (QED) is 0.734. The van der Waals surface area contributed by atoms with Crippen LogP contribution in [0.15, 0.2) is 24.3 Å². The smallest absolute Gasteiger partial charge is 0.241 e. The van der Waals surface area contributed by atoms with E-state index in [1.165, 1.54) is 0 Å². The van der Waals surface area contributed by atoms with E-state index in [-0.39, 0.29) is 18.6 Å². The highest BCUT2D eigenvalue weighted by atomic mass is 16.3. The highest BCUT2D eigenvalue weighted by Gasteiger charge is 2.29. The molecule has 92 valence electrons. The van der Waals surface area contributed by atoms with Crippen molar-refractivity contribution in [3.8, 4) is 0 Å². The van der Waals surface area contributed by atoms with Gasteiger partial charge in [0.25, 0.3) is 0 Å². The molecule has 1 saturated heterocycles. The molecule has 0 bridgehead atoms. The number of amides is 1. The Kier molecular flexibility index (Phi) is 3.76. The number of carbonyl (C=O) groups excluding carboxylic acids is 1. The fourth-order valence-corrected chi connectivity index (χ4v) is 2.10. The molecule has 1 fully saturated rings. The van der Waals surface area contributed by atoms with Crippen LogP contribution in [0.25, 0.3) is 0 Å². The van der Waals surface area contributed by atoms with Gasteiger partial charge < -0.3 is 15.7 Å². The molecule has 0 aromatic heterocycles. The predicted octanol–water partition coefficient (Wildman–Crippen LogP) is 1.12. The second-order valence-electron chi connectivity index (χ2n) is 4.54. The molecule has 1 aromatic rings.